The predicted octanol–water partition coefficient (Wildman–Crippen LogP) is 8.69. The highest BCUT2D eigenvalue weighted by Crippen LogP contribution is 2.33. The SMILES string of the molecule is CCCc1c(CC#Cc2ccccc2)c(CC#Cc2ccccc2)c(CCC)c(CCC)c1CCC. The average molecular weight is 475 g/mol. The van der Waals surface area contributed by atoms with Crippen LogP contribution < -0.4 is 0 Å². The molecule has 0 saturated carbocycles. The van der Waals surface area contributed by atoms with E-state index in [0.29, 0.717) is 0 Å². The molecule has 0 aliphatic rings. The summed E-state index contributed by atoms with van der Waals surface area (Å²) in [7, 11) is 0. The monoisotopic (exact) mass is 474 g/mol. The van der Waals surface area contributed by atoms with E-state index in [1.54, 1.807) is 22.3 Å². The summed E-state index contributed by atoms with van der Waals surface area (Å²) < 4.78 is 0. The number of hydrogen-bond acceptors (Lipinski definition) is 0. The number of benzene rings is 3. The van der Waals surface area contributed by atoms with Crippen LogP contribution >= 0.6 is 0 Å². The Morgan fingerprint density at radius 1 is 0.417 bits per heavy atom. The second-order valence-corrected chi connectivity index (χ2v) is 9.56. The highest BCUT2D eigenvalue weighted by atomic mass is 14.3. The minimum atomic E-state index is 0.798. The molecule has 0 heterocycles. The zero-order valence-electron chi connectivity index (χ0n) is 22.8. The van der Waals surface area contributed by atoms with Crippen LogP contribution in [0.1, 0.15) is 97.9 Å². The van der Waals surface area contributed by atoms with Crippen LogP contribution in [0.15, 0.2) is 60.7 Å². The molecule has 0 amide bonds. The first kappa shape index (κ1) is 27.4. The van der Waals surface area contributed by atoms with Gasteiger partial charge >= 0.3 is 0 Å². The fourth-order valence-electron chi connectivity index (χ4n) is 5.24. The van der Waals surface area contributed by atoms with Crippen molar-refractivity contribution < 1.29 is 0 Å². The third-order valence-corrected chi connectivity index (χ3v) is 6.73. The maximum absolute atomic E-state index is 3.56. The largest absolute Gasteiger partial charge is 0.0931 e. The van der Waals surface area contributed by atoms with Gasteiger partial charge in [0.05, 0.1) is 0 Å². The quantitative estimate of drug-likeness (QED) is 0.258. The predicted molar refractivity (Wildman–Crippen MR) is 156 cm³/mol. The van der Waals surface area contributed by atoms with Crippen molar-refractivity contribution in [1.82, 2.24) is 0 Å². The summed E-state index contributed by atoms with van der Waals surface area (Å²) in [5.74, 6) is 14.0. The molecular formula is C36H42. The highest BCUT2D eigenvalue weighted by molar-refractivity contribution is 5.55. The van der Waals surface area contributed by atoms with Gasteiger partial charge in [-0.1, -0.05) is 113 Å². The summed E-state index contributed by atoms with van der Waals surface area (Å²) in [5, 5.41) is 0. The van der Waals surface area contributed by atoms with Gasteiger partial charge in [-0.3, -0.25) is 0 Å². The van der Waals surface area contributed by atoms with Gasteiger partial charge in [-0.2, -0.15) is 0 Å². The van der Waals surface area contributed by atoms with Crippen molar-refractivity contribution in [2.24, 2.45) is 0 Å². The topological polar surface area (TPSA) is 0 Å². The maximum atomic E-state index is 3.56. The molecule has 186 valence electrons. The lowest BCUT2D eigenvalue weighted by molar-refractivity contribution is 0.784. The molecule has 0 N–H and O–H groups in total. The second kappa shape index (κ2) is 15.0. The summed E-state index contributed by atoms with van der Waals surface area (Å²) in [6.45, 7) is 9.26. The maximum Gasteiger partial charge on any atom is 0.0350 e. The summed E-state index contributed by atoms with van der Waals surface area (Å²) in [4.78, 5) is 0. The van der Waals surface area contributed by atoms with Gasteiger partial charge in [0.2, 0.25) is 0 Å². The van der Waals surface area contributed by atoms with Crippen LogP contribution in [-0.4, -0.2) is 0 Å². The Kier molecular flexibility index (Phi) is 11.4. The zero-order valence-corrected chi connectivity index (χ0v) is 22.8. The molecule has 0 atom stereocenters. The van der Waals surface area contributed by atoms with Crippen molar-refractivity contribution in [2.75, 3.05) is 0 Å². The molecule has 0 saturated heterocycles. The molecule has 0 bridgehead atoms. The molecule has 0 aliphatic carbocycles. The fourth-order valence-corrected chi connectivity index (χ4v) is 5.24. The third kappa shape index (κ3) is 7.39. The van der Waals surface area contributed by atoms with E-state index in [-0.39, 0.29) is 0 Å². The van der Waals surface area contributed by atoms with Crippen LogP contribution in [0.3, 0.4) is 0 Å². The van der Waals surface area contributed by atoms with Gasteiger partial charge < -0.3 is 0 Å². The minimum absolute atomic E-state index is 0.798. The Morgan fingerprint density at radius 3 is 1.03 bits per heavy atom. The molecule has 0 aliphatic heterocycles. The molecule has 0 radical (unpaired) electrons. The first-order valence-electron chi connectivity index (χ1n) is 14.0. The summed E-state index contributed by atoms with van der Waals surface area (Å²) >= 11 is 0. The lowest BCUT2D eigenvalue weighted by Crippen LogP contribution is -2.14. The van der Waals surface area contributed by atoms with Gasteiger partial charge in [0, 0.05) is 24.0 Å². The third-order valence-electron chi connectivity index (χ3n) is 6.73. The van der Waals surface area contributed by atoms with Gasteiger partial charge in [-0.05, 0) is 83.3 Å². The van der Waals surface area contributed by atoms with E-state index in [4.69, 9.17) is 0 Å². The first-order valence-corrected chi connectivity index (χ1v) is 14.0. The number of hydrogen-bond donors (Lipinski definition) is 0. The molecule has 3 aromatic carbocycles. The van der Waals surface area contributed by atoms with Crippen LogP contribution in [0.2, 0.25) is 0 Å². The molecule has 0 aromatic heterocycles. The minimum Gasteiger partial charge on any atom is -0.0931 e. The molecule has 3 rings (SSSR count). The van der Waals surface area contributed by atoms with Crippen LogP contribution in [0, 0.1) is 23.7 Å². The van der Waals surface area contributed by atoms with Crippen molar-refractivity contribution in [2.45, 2.75) is 91.9 Å². The second-order valence-electron chi connectivity index (χ2n) is 9.56. The Balaban J connectivity index is 2.20. The molecule has 0 unspecified atom stereocenters. The molecule has 0 fully saturated rings. The molecule has 0 heteroatoms. The molecule has 36 heavy (non-hydrogen) atoms. The van der Waals surface area contributed by atoms with E-state index in [9.17, 15) is 0 Å². The Morgan fingerprint density at radius 2 is 0.722 bits per heavy atom. The Labute approximate surface area is 220 Å². The molecule has 0 spiro atoms. The van der Waals surface area contributed by atoms with E-state index in [2.05, 4.69) is 112 Å². The number of rotatable bonds is 10. The summed E-state index contributed by atoms with van der Waals surface area (Å²) in [5.41, 5.74) is 11.5. The lowest BCUT2D eigenvalue weighted by Gasteiger charge is -2.26. The van der Waals surface area contributed by atoms with Crippen molar-refractivity contribution in [1.29, 1.82) is 0 Å². The van der Waals surface area contributed by atoms with Crippen LogP contribution in [0.25, 0.3) is 0 Å². The van der Waals surface area contributed by atoms with Gasteiger partial charge in [0.1, 0.15) is 0 Å². The van der Waals surface area contributed by atoms with Crippen LogP contribution in [0.5, 0.6) is 0 Å². The van der Waals surface area contributed by atoms with E-state index in [1.165, 1.54) is 24.0 Å². The van der Waals surface area contributed by atoms with Crippen molar-refractivity contribution in [3.8, 4) is 23.7 Å². The highest BCUT2D eigenvalue weighted by Gasteiger charge is 2.21. The standard InChI is InChI=1S/C36H42/c1-5-17-31-32(18-6-2)34(20-8-4)36(28-16-26-30-23-13-10-14-24-30)35(33(31)19-7-3)27-15-25-29-21-11-9-12-22-29/h9-14,21-24H,5-8,17-20,27-28H2,1-4H3. The van der Waals surface area contributed by atoms with Gasteiger partial charge in [-0.25, -0.2) is 0 Å². The smallest absolute Gasteiger partial charge is 0.0350 e. The Bertz CT molecular complexity index is 1110. The van der Waals surface area contributed by atoms with Crippen LogP contribution in [-0.2, 0) is 38.5 Å². The molecular weight excluding hydrogens is 432 g/mol. The summed E-state index contributed by atoms with van der Waals surface area (Å²) in [6.07, 6.45) is 10.8. The summed E-state index contributed by atoms with van der Waals surface area (Å²) in [6, 6.07) is 20.8. The zero-order chi connectivity index (χ0) is 25.6. The van der Waals surface area contributed by atoms with Crippen molar-refractivity contribution in [3.63, 3.8) is 0 Å². The lowest BCUT2D eigenvalue weighted by atomic mass is 9.79. The van der Waals surface area contributed by atoms with Gasteiger partial charge in [-0.15, -0.1) is 0 Å². The van der Waals surface area contributed by atoms with Crippen molar-refractivity contribution >= 4 is 0 Å². The molecule has 3 aromatic rings. The first-order chi connectivity index (χ1) is 17.7. The fraction of sp³-hybridized carbons (Fsp3) is 0.389. The van der Waals surface area contributed by atoms with Gasteiger partial charge in [0.15, 0.2) is 0 Å². The normalized spacial score (nSPS) is 10.3. The average Bonchev–Trinajstić information content (AvgIpc) is 2.90. The van der Waals surface area contributed by atoms with Crippen LogP contribution in [0.4, 0.5) is 0 Å². The van der Waals surface area contributed by atoms with E-state index in [1.807, 2.05) is 0 Å². The van der Waals surface area contributed by atoms with Gasteiger partial charge in [0.25, 0.3) is 0 Å². The molecule has 0 nitrogen and oxygen atoms in total. The Hall–Kier alpha value is -3.22. The van der Waals surface area contributed by atoms with Crippen molar-refractivity contribution in [3.05, 3.63) is 105 Å². The van der Waals surface area contributed by atoms with E-state index in [0.717, 1.165) is 62.5 Å². The van der Waals surface area contributed by atoms with E-state index < -0.39 is 0 Å². The van der Waals surface area contributed by atoms with E-state index >= 15 is 0 Å².